The SMILES string of the molecule is Cc1noc(C)c1-c1ccc2c(c1)N(C=O)Cc1cccnc1N2. The van der Waals surface area contributed by atoms with Gasteiger partial charge in [-0.05, 0) is 37.6 Å². The van der Waals surface area contributed by atoms with E-state index < -0.39 is 0 Å². The van der Waals surface area contributed by atoms with Crippen molar-refractivity contribution < 1.29 is 9.32 Å². The Morgan fingerprint density at radius 2 is 2.17 bits per heavy atom. The van der Waals surface area contributed by atoms with E-state index >= 15 is 0 Å². The largest absolute Gasteiger partial charge is 0.361 e. The highest BCUT2D eigenvalue weighted by molar-refractivity contribution is 5.90. The lowest BCUT2D eigenvalue weighted by Gasteiger charge is -2.18. The van der Waals surface area contributed by atoms with E-state index in [2.05, 4.69) is 15.5 Å². The van der Waals surface area contributed by atoms with Gasteiger partial charge in [0.2, 0.25) is 6.41 Å². The van der Waals surface area contributed by atoms with E-state index in [1.165, 1.54) is 0 Å². The lowest BCUT2D eigenvalue weighted by Crippen LogP contribution is -2.19. The van der Waals surface area contributed by atoms with Gasteiger partial charge in [-0.3, -0.25) is 4.79 Å². The molecule has 4 rings (SSSR count). The van der Waals surface area contributed by atoms with E-state index in [9.17, 15) is 4.79 Å². The summed E-state index contributed by atoms with van der Waals surface area (Å²) in [7, 11) is 0. The number of fused-ring (bicyclic) bond motifs is 2. The Kier molecular flexibility index (Phi) is 3.30. The number of amides is 1. The molecule has 0 spiro atoms. The van der Waals surface area contributed by atoms with Gasteiger partial charge in [-0.25, -0.2) is 4.98 Å². The minimum atomic E-state index is 0.470. The van der Waals surface area contributed by atoms with E-state index in [-0.39, 0.29) is 0 Å². The van der Waals surface area contributed by atoms with Crippen molar-refractivity contribution in [1.82, 2.24) is 10.1 Å². The van der Waals surface area contributed by atoms with Gasteiger partial charge in [-0.2, -0.15) is 0 Å². The second kappa shape index (κ2) is 5.49. The smallest absolute Gasteiger partial charge is 0.214 e. The third kappa shape index (κ3) is 2.23. The van der Waals surface area contributed by atoms with Gasteiger partial charge in [0.25, 0.3) is 0 Å². The van der Waals surface area contributed by atoms with Crippen LogP contribution in [0.5, 0.6) is 0 Å². The van der Waals surface area contributed by atoms with Crippen LogP contribution in [0.25, 0.3) is 11.1 Å². The average molecular weight is 320 g/mol. The molecule has 1 aromatic carbocycles. The van der Waals surface area contributed by atoms with E-state index in [4.69, 9.17) is 4.52 Å². The summed E-state index contributed by atoms with van der Waals surface area (Å²) in [4.78, 5) is 17.7. The molecule has 0 atom stereocenters. The second-order valence-electron chi connectivity index (χ2n) is 5.80. The maximum Gasteiger partial charge on any atom is 0.214 e. The van der Waals surface area contributed by atoms with Crippen LogP contribution in [0.1, 0.15) is 17.0 Å². The molecule has 1 amide bonds. The van der Waals surface area contributed by atoms with Crippen molar-refractivity contribution in [1.29, 1.82) is 0 Å². The fraction of sp³-hybridized carbons (Fsp3) is 0.167. The van der Waals surface area contributed by atoms with Crippen molar-refractivity contribution in [2.75, 3.05) is 10.2 Å². The zero-order chi connectivity index (χ0) is 16.7. The van der Waals surface area contributed by atoms with Crippen LogP contribution in [0, 0.1) is 13.8 Å². The summed E-state index contributed by atoms with van der Waals surface area (Å²) in [5.74, 6) is 1.53. The van der Waals surface area contributed by atoms with Crippen molar-refractivity contribution in [3.8, 4) is 11.1 Å². The summed E-state index contributed by atoms with van der Waals surface area (Å²) in [5, 5.41) is 7.33. The number of nitrogens with zero attached hydrogens (tertiary/aromatic N) is 3. The molecule has 3 aromatic rings. The number of hydrogen-bond donors (Lipinski definition) is 1. The normalized spacial score (nSPS) is 12.8. The molecule has 0 saturated heterocycles. The molecule has 2 aromatic heterocycles. The minimum Gasteiger partial charge on any atom is -0.361 e. The highest BCUT2D eigenvalue weighted by atomic mass is 16.5. The second-order valence-corrected chi connectivity index (χ2v) is 5.80. The van der Waals surface area contributed by atoms with Crippen LogP contribution in [-0.4, -0.2) is 16.6 Å². The summed E-state index contributed by atoms with van der Waals surface area (Å²) < 4.78 is 5.26. The van der Waals surface area contributed by atoms with Crippen molar-refractivity contribution in [2.45, 2.75) is 20.4 Å². The number of pyridine rings is 1. The molecule has 0 fully saturated rings. The number of aromatic nitrogens is 2. The van der Waals surface area contributed by atoms with Crippen molar-refractivity contribution in [3.05, 3.63) is 53.5 Å². The standard InChI is InChI=1S/C18H16N4O2/c1-11-17(12(2)24-21-11)13-5-6-15-16(8-13)22(10-23)9-14-4-3-7-19-18(14)20-15/h3-8,10H,9H2,1-2H3,(H,19,20). The quantitative estimate of drug-likeness (QED) is 0.731. The first-order valence-corrected chi connectivity index (χ1v) is 7.67. The van der Waals surface area contributed by atoms with Crippen LogP contribution < -0.4 is 10.2 Å². The van der Waals surface area contributed by atoms with Gasteiger partial charge in [-0.1, -0.05) is 17.3 Å². The zero-order valence-corrected chi connectivity index (χ0v) is 13.4. The number of carbonyl (C=O) groups is 1. The number of anilines is 3. The lowest BCUT2D eigenvalue weighted by atomic mass is 10.0. The first kappa shape index (κ1) is 14.4. The molecule has 0 radical (unpaired) electrons. The Morgan fingerprint density at radius 3 is 2.92 bits per heavy atom. The molecule has 1 N–H and O–H groups in total. The molecule has 6 nitrogen and oxygen atoms in total. The van der Waals surface area contributed by atoms with Gasteiger partial charge >= 0.3 is 0 Å². The fourth-order valence-corrected chi connectivity index (χ4v) is 3.09. The van der Waals surface area contributed by atoms with Gasteiger partial charge in [0.05, 0.1) is 23.6 Å². The van der Waals surface area contributed by atoms with Crippen LogP contribution in [0.2, 0.25) is 0 Å². The zero-order valence-electron chi connectivity index (χ0n) is 13.4. The summed E-state index contributed by atoms with van der Waals surface area (Å²) in [6.45, 7) is 4.27. The molecule has 0 bridgehead atoms. The number of aryl methyl sites for hydroxylation is 2. The number of nitrogens with one attached hydrogen (secondary N) is 1. The third-order valence-corrected chi connectivity index (χ3v) is 4.24. The van der Waals surface area contributed by atoms with Gasteiger partial charge < -0.3 is 14.7 Å². The van der Waals surface area contributed by atoms with Crippen molar-refractivity contribution in [3.63, 3.8) is 0 Å². The maximum atomic E-state index is 11.7. The minimum absolute atomic E-state index is 0.470. The molecule has 6 heteroatoms. The molecule has 0 aliphatic carbocycles. The fourth-order valence-electron chi connectivity index (χ4n) is 3.09. The molecule has 0 saturated carbocycles. The number of rotatable bonds is 2. The summed E-state index contributed by atoms with van der Waals surface area (Å²) in [6, 6.07) is 9.77. The summed E-state index contributed by atoms with van der Waals surface area (Å²) in [6.07, 6.45) is 2.58. The van der Waals surface area contributed by atoms with Crippen LogP contribution in [-0.2, 0) is 11.3 Å². The number of hydrogen-bond acceptors (Lipinski definition) is 5. The maximum absolute atomic E-state index is 11.7. The van der Waals surface area contributed by atoms with Gasteiger partial charge in [-0.15, -0.1) is 0 Å². The number of benzene rings is 1. The summed E-state index contributed by atoms with van der Waals surface area (Å²) in [5.41, 5.74) is 5.38. The molecule has 1 aliphatic rings. The Hall–Kier alpha value is -3.15. The monoisotopic (exact) mass is 320 g/mol. The first-order valence-electron chi connectivity index (χ1n) is 7.67. The van der Waals surface area contributed by atoms with Crippen LogP contribution in [0.3, 0.4) is 0 Å². The molecule has 1 aliphatic heterocycles. The topological polar surface area (TPSA) is 71.3 Å². The van der Waals surface area contributed by atoms with Crippen LogP contribution in [0.4, 0.5) is 17.2 Å². The molecular formula is C18H16N4O2. The third-order valence-electron chi connectivity index (χ3n) is 4.24. The Labute approximate surface area is 139 Å². The van der Waals surface area contributed by atoms with E-state index in [0.29, 0.717) is 6.54 Å². The predicted molar refractivity (Wildman–Crippen MR) is 91.2 cm³/mol. The molecule has 0 unspecified atom stereocenters. The molecule has 120 valence electrons. The first-order chi connectivity index (χ1) is 11.7. The average Bonchev–Trinajstić information content (AvgIpc) is 2.84. The Morgan fingerprint density at radius 1 is 1.29 bits per heavy atom. The Bertz CT molecular complexity index is 913. The van der Waals surface area contributed by atoms with E-state index in [1.54, 1.807) is 11.1 Å². The van der Waals surface area contributed by atoms with Crippen LogP contribution >= 0.6 is 0 Å². The van der Waals surface area contributed by atoms with E-state index in [1.807, 2.05) is 44.2 Å². The molecule has 24 heavy (non-hydrogen) atoms. The Balaban J connectivity index is 1.86. The predicted octanol–water partition coefficient (Wildman–Crippen LogP) is 3.57. The van der Waals surface area contributed by atoms with Crippen molar-refractivity contribution in [2.24, 2.45) is 0 Å². The molecular weight excluding hydrogens is 304 g/mol. The number of carbonyl (C=O) groups excluding carboxylic acids is 1. The lowest BCUT2D eigenvalue weighted by molar-refractivity contribution is -0.107. The van der Waals surface area contributed by atoms with Gasteiger partial charge in [0.1, 0.15) is 11.6 Å². The highest BCUT2D eigenvalue weighted by Crippen LogP contribution is 2.38. The summed E-state index contributed by atoms with van der Waals surface area (Å²) >= 11 is 0. The van der Waals surface area contributed by atoms with Crippen LogP contribution in [0.15, 0.2) is 41.1 Å². The highest BCUT2D eigenvalue weighted by Gasteiger charge is 2.21. The van der Waals surface area contributed by atoms with Gasteiger partial charge in [0, 0.05) is 17.3 Å². The van der Waals surface area contributed by atoms with Gasteiger partial charge in [0.15, 0.2) is 0 Å². The molecule has 3 heterocycles. The van der Waals surface area contributed by atoms with E-state index in [0.717, 1.165) is 51.7 Å². The van der Waals surface area contributed by atoms with Crippen molar-refractivity contribution >= 4 is 23.6 Å².